The van der Waals surface area contributed by atoms with E-state index in [1.54, 1.807) is 12.4 Å². The van der Waals surface area contributed by atoms with Gasteiger partial charge in [0.05, 0.1) is 6.04 Å². The van der Waals surface area contributed by atoms with Crippen LogP contribution in [0.1, 0.15) is 40.7 Å². The van der Waals surface area contributed by atoms with Crippen LogP contribution in [0.4, 0.5) is 0 Å². The maximum atomic E-state index is 12.2. The van der Waals surface area contributed by atoms with Gasteiger partial charge in [-0.25, -0.2) is 4.98 Å². The Hall–Kier alpha value is -2.21. The first kappa shape index (κ1) is 12.8. The van der Waals surface area contributed by atoms with E-state index in [0.29, 0.717) is 18.0 Å². The summed E-state index contributed by atoms with van der Waals surface area (Å²) in [5, 5.41) is 6.14. The van der Waals surface area contributed by atoms with Crippen LogP contribution in [0.2, 0.25) is 0 Å². The SMILES string of the molecule is O=C(NCc1cccnc1)c1ncoc1C1CCCN1. The van der Waals surface area contributed by atoms with Gasteiger partial charge in [0.25, 0.3) is 5.91 Å². The summed E-state index contributed by atoms with van der Waals surface area (Å²) < 4.78 is 5.37. The topological polar surface area (TPSA) is 80.1 Å². The quantitative estimate of drug-likeness (QED) is 0.880. The molecule has 1 saturated heterocycles. The third kappa shape index (κ3) is 2.70. The van der Waals surface area contributed by atoms with Gasteiger partial charge in [-0.05, 0) is 31.0 Å². The monoisotopic (exact) mass is 272 g/mol. The molecule has 0 radical (unpaired) electrons. The van der Waals surface area contributed by atoms with Gasteiger partial charge >= 0.3 is 0 Å². The van der Waals surface area contributed by atoms with Gasteiger partial charge < -0.3 is 15.1 Å². The van der Waals surface area contributed by atoms with Gasteiger partial charge in [-0.1, -0.05) is 6.07 Å². The molecule has 1 atom stereocenters. The van der Waals surface area contributed by atoms with E-state index in [1.807, 2.05) is 12.1 Å². The number of hydrogen-bond donors (Lipinski definition) is 2. The molecule has 3 rings (SSSR count). The largest absolute Gasteiger partial charge is 0.446 e. The van der Waals surface area contributed by atoms with Crippen LogP contribution in [0, 0.1) is 0 Å². The third-order valence-corrected chi connectivity index (χ3v) is 3.36. The van der Waals surface area contributed by atoms with Crippen LogP contribution in [0.5, 0.6) is 0 Å². The van der Waals surface area contributed by atoms with E-state index in [0.717, 1.165) is 24.9 Å². The molecule has 1 unspecified atom stereocenters. The van der Waals surface area contributed by atoms with Crippen LogP contribution in [0.3, 0.4) is 0 Å². The lowest BCUT2D eigenvalue weighted by Gasteiger charge is -2.09. The molecule has 0 aromatic carbocycles. The first-order chi connectivity index (χ1) is 9.84. The Balaban J connectivity index is 1.67. The summed E-state index contributed by atoms with van der Waals surface area (Å²) in [4.78, 5) is 20.2. The van der Waals surface area contributed by atoms with Crippen LogP contribution >= 0.6 is 0 Å². The lowest BCUT2D eigenvalue weighted by atomic mass is 10.1. The van der Waals surface area contributed by atoms with E-state index in [-0.39, 0.29) is 11.9 Å². The Morgan fingerprint density at radius 3 is 3.25 bits per heavy atom. The predicted molar refractivity (Wildman–Crippen MR) is 71.9 cm³/mol. The van der Waals surface area contributed by atoms with Crippen molar-refractivity contribution in [2.24, 2.45) is 0 Å². The number of carbonyl (C=O) groups excluding carboxylic acids is 1. The van der Waals surface area contributed by atoms with E-state index >= 15 is 0 Å². The second-order valence-electron chi connectivity index (χ2n) is 4.76. The number of carbonyl (C=O) groups is 1. The van der Waals surface area contributed by atoms with Crippen molar-refractivity contribution >= 4 is 5.91 Å². The minimum absolute atomic E-state index is 0.0941. The first-order valence-electron chi connectivity index (χ1n) is 6.68. The molecule has 1 aliphatic heterocycles. The van der Waals surface area contributed by atoms with Gasteiger partial charge in [0, 0.05) is 18.9 Å². The average Bonchev–Trinajstić information content (AvgIpc) is 3.15. The summed E-state index contributed by atoms with van der Waals surface area (Å²) in [6, 6.07) is 3.85. The van der Waals surface area contributed by atoms with Crippen molar-refractivity contribution in [3.05, 3.63) is 47.9 Å². The normalized spacial score (nSPS) is 18.1. The summed E-state index contributed by atoms with van der Waals surface area (Å²) >= 11 is 0. The van der Waals surface area contributed by atoms with Gasteiger partial charge in [-0.15, -0.1) is 0 Å². The van der Waals surface area contributed by atoms with Crippen LogP contribution in [0.15, 0.2) is 35.3 Å². The van der Waals surface area contributed by atoms with Crippen molar-refractivity contribution in [1.82, 2.24) is 20.6 Å². The lowest BCUT2D eigenvalue weighted by Crippen LogP contribution is -2.25. The maximum Gasteiger partial charge on any atom is 0.273 e. The molecule has 6 nitrogen and oxygen atoms in total. The maximum absolute atomic E-state index is 12.2. The highest BCUT2D eigenvalue weighted by molar-refractivity contribution is 5.93. The number of amides is 1. The van der Waals surface area contributed by atoms with Crippen molar-refractivity contribution < 1.29 is 9.21 Å². The number of hydrogen-bond acceptors (Lipinski definition) is 5. The standard InChI is InChI=1S/C14H16N4O2/c19-14(17-8-10-3-1-5-15-7-10)12-13(20-9-18-12)11-4-2-6-16-11/h1,3,5,7,9,11,16H,2,4,6,8H2,(H,17,19). The summed E-state index contributed by atoms with van der Waals surface area (Å²) in [7, 11) is 0. The van der Waals surface area contributed by atoms with Gasteiger partial charge in [0.1, 0.15) is 0 Å². The minimum Gasteiger partial charge on any atom is -0.446 e. The zero-order valence-electron chi connectivity index (χ0n) is 11.0. The van der Waals surface area contributed by atoms with E-state index in [1.165, 1.54) is 6.39 Å². The summed E-state index contributed by atoms with van der Waals surface area (Å²) in [6.07, 6.45) is 6.81. The van der Waals surface area contributed by atoms with Crippen molar-refractivity contribution in [3.63, 3.8) is 0 Å². The van der Waals surface area contributed by atoms with Crippen molar-refractivity contribution in [3.8, 4) is 0 Å². The molecular formula is C14H16N4O2. The van der Waals surface area contributed by atoms with Gasteiger partial charge in [-0.2, -0.15) is 0 Å². The smallest absolute Gasteiger partial charge is 0.273 e. The Morgan fingerprint density at radius 2 is 2.50 bits per heavy atom. The molecule has 0 saturated carbocycles. The Kier molecular flexibility index (Phi) is 3.73. The minimum atomic E-state index is -0.216. The average molecular weight is 272 g/mol. The van der Waals surface area contributed by atoms with E-state index < -0.39 is 0 Å². The Bertz CT molecular complexity index is 576. The zero-order valence-corrected chi connectivity index (χ0v) is 11.0. The molecule has 2 aromatic rings. The first-order valence-corrected chi connectivity index (χ1v) is 6.68. The molecule has 104 valence electrons. The second-order valence-corrected chi connectivity index (χ2v) is 4.76. The van der Waals surface area contributed by atoms with E-state index in [4.69, 9.17) is 4.42 Å². The molecule has 1 amide bonds. The molecule has 2 aromatic heterocycles. The van der Waals surface area contributed by atoms with Gasteiger partial charge in [0.2, 0.25) is 0 Å². The summed E-state index contributed by atoms with van der Waals surface area (Å²) in [5.41, 5.74) is 1.32. The highest BCUT2D eigenvalue weighted by atomic mass is 16.3. The highest BCUT2D eigenvalue weighted by Gasteiger charge is 2.26. The number of aromatic nitrogens is 2. The molecular weight excluding hydrogens is 256 g/mol. The fourth-order valence-corrected chi connectivity index (χ4v) is 2.35. The molecule has 20 heavy (non-hydrogen) atoms. The van der Waals surface area contributed by atoms with Gasteiger partial charge in [-0.3, -0.25) is 9.78 Å². The molecule has 3 heterocycles. The molecule has 2 N–H and O–H groups in total. The molecule has 6 heteroatoms. The molecule has 0 bridgehead atoms. The molecule has 1 aliphatic rings. The number of nitrogens with one attached hydrogen (secondary N) is 2. The third-order valence-electron chi connectivity index (χ3n) is 3.36. The molecule has 0 spiro atoms. The lowest BCUT2D eigenvalue weighted by molar-refractivity contribution is 0.0943. The second kappa shape index (κ2) is 5.83. The molecule has 0 aliphatic carbocycles. The van der Waals surface area contributed by atoms with E-state index in [9.17, 15) is 4.79 Å². The fourth-order valence-electron chi connectivity index (χ4n) is 2.35. The number of rotatable bonds is 4. The molecule has 1 fully saturated rings. The number of oxazole rings is 1. The van der Waals surface area contributed by atoms with Crippen LogP contribution in [0.25, 0.3) is 0 Å². The van der Waals surface area contributed by atoms with Crippen molar-refractivity contribution in [2.45, 2.75) is 25.4 Å². The van der Waals surface area contributed by atoms with Crippen LogP contribution in [-0.4, -0.2) is 22.4 Å². The van der Waals surface area contributed by atoms with Crippen molar-refractivity contribution in [2.75, 3.05) is 6.54 Å². The van der Waals surface area contributed by atoms with Crippen molar-refractivity contribution in [1.29, 1.82) is 0 Å². The Labute approximate surface area is 116 Å². The van der Waals surface area contributed by atoms with Crippen LogP contribution < -0.4 is 10.6 Å². The summed E-state index contributed by atoms with van der Waals surface area (Å²) in [5.74, 6) is 0.414. The van der Waals surface area contributed by atoms with Gasteiger partial charge in [0.15, 0.2) is 17.8 Å². The predicted octanol–water partition coefficient (Wildman–Crippen LogP) is 1.42. The zero-order chi connectivity index (χ0) is 13.8. The summed E-state index contributed by atoms with van der Waals surface area (Å²) in [6.45, 7) is 1.37. The van der Waals surface area contributed by atoms with E-state index in [2.05, 4.69) is 20.6 Å². The Morgan fingerprint density at radius 1 is 1.55 bits per heavy atom. The fraction of sp³-hybridized carbons (Fsp3) is 0.357. The van der Waals surface area contributed by atoms with Crippen LogP contribution in [-0.2, 0) is 6.54 Å². The highest BCUT2D eigenvalue weighted by Crippen LogP contribution is 2.25. The number of pyridine rings is 1. The number of nitrogens with zero attached hydrogens (tertiary/aromatic N) is 2.